The summed E-state index contributed by atoms with van der Waals surface area (Å²) in [6.45, 7) is 8.47. The number of hydrogen-bond donors (Lipinski definition) is 1. The SMILES string of the molecule is CC(C)(C)C(=O)n1cc(S(=O)(=O)N2CCOCC2)c(C2CCNCC2)n1. The largest absolute Gasteiger partial charge is 0.379 e. The van der Waals surface area contributed by atoms with Crippen molar-refractivity contribution >= 4 is 15.9 Å². The normalized spacial score (nSPS) is 21.0. The summed E-state index contributed by atoms with van der Waals surface area (Å²) >= 11 is 0. The van der Waals surface area contributed by atoms with E-state index in [0.29, 0.717) is 32.0 Å². The van der Waals surface area contributed by atoms with Gasteiger partial charge in [0, 0.05) is 24.4 Å². The molecule has 2 saturated heterocycles. The Hall–Kier alpha value is -1.29. The summed E-state index contributed by atoms with van der Waals surface area (Å²) in [7, 11) is -3.70. The Morgan fingerprint density at radius 3 is 2.42 bits per heavy atom. The van der Waals surface area contributed by atoms with Crippen molar-refractivity contribution in [1.29, 1.82) is 0 Å². The fraction of sp³-hybridized carbons (Fsp3) is 0.765. The van der Waals surface area contributed by atoms with Gasteiger partial charge in [-0.1, -0.05) is 20.8 Å². The van der Waals surface area contributed by atoms with Crippen molar-refractivity contribution < 1.29 is 17.9 Å². The molecule has 0 unspecified atom stereocenters. The topological polar surface area (TPSA) is 93.5 Å². The molecule has 146 valence electrons. The molecule has 2 aliphatic rings. The molecule has 0 atom stereocenters. The van der Waals surface area contributed by atoms with Crippen LogP contribution in [0.15, 0.2) is 11.1 Å². The van der Waals surface area contributed by atoms with Crippen molar-refractivity contribution in [1.82, 2.24) is 19.4 Å². The fourth-order valence-electron chi connectivity index (χ4n) is 3.32. The molecule has 1 N–H and O–H groups in total. The average Bonchev–Trinajstić information content (AvgIpc) is 3.08. The molecule has 0 bridgehead atoms. The minimum absolute atomic E-state index is 0.0380. The molecular formula is C17H28N4O4S. The molecule has 0 aliphatic carbocycles. The molecule has 1 aromatic heterocycles. The van der Waals surface area contributed by atoms with E-state index in [-0.39, 0.29) is 16.7 Å². The van der Waals surface area contributed by atoms with Crippen LogP contribution in [0.2, 0.25) is 0 Å². The molecule has 8 nitrogen and oxygen atoms in total. The predicted molar refractivity (Wildman–Crippen MR) is 96.7 cm³/mol. The van der Waals surface area contributed by atoms with Gasteiger partial charge in [0.15, 0.2) is 0 Å². The Bertz CT molecular complexity index is 754. The Labute approximate surface area is 154 Å². The number of morpholine rings is 1. The van der Waals surface area contributed by atoms with Crippen molar-refractivity contribution in [3.05, 3.63) is 11.9 Å². The number of sulfonamides is 1. The molecule has 26 heavy (non-hydrogen) atoms. The van der Waals surface area contributed by atoms with Crippen LogP contribution in [0.3, 0.4) is 0 Å². The maximum absolute atomic E-state index is 13.2. The van der Waals surface area contributed by atoms with Crippen LogP contribution >= 0.6 is 0 Å². The first-order valence-corrected chi connectivity index (χ1v) is 10.6. The second-order valence-electron chi connectivity index (χ2n) is 7.92. The molecule has 2 fully saturated rings. The van der Waals surface area contributed by atoms with Gasteiger partial charge in [0.05, 0.1) is 25.1 Å². The second kappa shape index (κ2) is 7.38. The first-order chi connectivity index (χ1) is 12.2. The van der Waals surface area contributed by atoms with Gasteiger partial charge < -0.3 is 10.1 Å². The summed E-state index contributed by atoms with van der Waals surface area (Å²) < 4.78 is 34.4. The number of piperidine rings is 1. The van der Waals surface area contributed by atoms with Crippen LogP contribution in [0.4, 0.5) is 0 Å². The van der Waals surface area contributed by atoms with Crippen LogP contribution in [-0.4, -0.2) is 67.8 Å². The van der Waals surface area contributed by atoms with E-state index in [4.69, 9.17) is 4.74 Å². The van der Waals surface area contributed by atoms with Gasteiger partial charge in [-0.05, 0) is 25.9 Å². The monoisotopic (exact) mass is 384 g/mol. The Morgan fingerprint density at radius 2 is 1.85 bits per heavy atom. The molecule has 1 aromatic rings. The lowest BCUT2D eigenvalue weighted by Crippen LogP contribution is -2.41. The quantitative estimate of drug-likeness (QED) is 0.837. The highest BCUT2D eigenvalue weighted by molar-refractivity contribution is 7.89. The maximum Gasteiger partial charge on any atom is 0.252 e. The number of nitrogens with zero attached hydrogens (tertiary/aromatic N) is 3. The molecular weight excluding hydrogens is 356 g/mol. The van der Waals surface area contributed by atoms with E-state index in [2.05, 4.69) is 10.4 Å². The molecule has 3 heterocycles. The van der Waals surface area contributed by atoms with Gasteiger partial charge in [-0.3, -0.25) is 4.79 Å². The number of rotatable bonds is 3. The molecule has 3 rings (SSSR count). The second-order valence-corrected chi connectivity index (χ2v) is 9.83. The zero-order valence-electron chi connectivity index (χ0n) is 15.7. The van der Waals surface area contributed by atoms with Gasteiger partial charge in [-0.2, -0.15) is 9.40 Å². The van der Waals surface area contributed by atoms with E-state index in [9.17, 15) is 13.2 Å². The van der Waals surface area contributed by atoms with E-state index in [1.807, 2.05) is 0 Å². The van der Waals surface area contributed by atoms with Gasteiger partial charge in [0.25, 0.3) is 5.91 Å². The Balaban J connectivity index is 2.03. The summed E-state index contributed by atoms with van der Waals surface area (Å²) in [4.78, 5) is 12.8. The number of carbonyl (C=O) groups is 1. The summed E-state index contributed by atoms with van der Waals surface area (Å²) in [6.07, 6.45) is 3.04. The smallest absolute Gasteiger partial charge is 0.252 e. The fourth-order valence-corrected chi connectivity index (χ4v) is 4.93. The molecule has 0 aromatic carbocycles. The average molecular weight is 385 g/mol. The highest BCUT2D eigenvalue weighted by atomic mass is 32.2. The number of carbonyl (C=O) groups excluding carboxylic acids is 1. The molecule has 0 amide bonds. The van der Waals surface area contributed by atoms with Crippen LogP contribution in [0.5, 0.6) is 0 Å². The standard InChI is InChI=1S/C17H28N4O4S/c1-17(2,3)16(22)21-12-14(15(19-21)13-4-6-18-7-5-13)26(23,24)20-8-10-25-11-9-20/h12-13,18H,4-11H2,1-3H3. The van der Waals surface area contributed by atoms with Crippen LogP contribution in [0, 0.1) is 5.41 Å². The highest BCUT2D eigenvalue weighted by Crippen LogP contribution is 2.32. The third kappa shape index (κ3) is 3.85. The summed E-state index contributed by atoms with van der Waals surface area (Å²) in [5.74, 6) is -0.174. The van der Waals surface area contributed by atoms with Crippen molar-refractivity contribution in [3.8, 4) is 0 Å². The van der Waals surface area contributed by atoms with Crippen molar-refractivity contribution in [2.75, 3.05) is 39.4 Å². The van der Waals surface area contributed by atoms with Gasteiger partial charge in [-0.25, -0.2) is 13.1 Å². The molecule has 0 spiro atoms. The number of ether oxygens (including phenoxy) is 1. The molecule has 2 aliphatic heterocycles. The minimum atomic E-state index is -3.70. The maximum atomic E-state index is 13.2. The third-order valence-electron chi connectivity index (χ3n) is 4.87. The number of nitrogens with one attached hydrogen (secondary N) is 1. The molecule has 9 heteroatoms. The van der Waals surface area contributed by atoms with Crippen molar-refractivity contribution in [3.63, 3.8) is 0 Å². The van der Waals surface area contributed by atoms with Crippen molar-refractivity contribution in [2.45, 2.75) is 44.4 Å². The van der Waals surface area contributed by atoms with Crippen LogP contribution in [0.1, 0.15) is 50.0 Å². The summed E-state index contributed by atoms with van der Waals surface area (Å²) in [5.41, 5.74) is -0.118. The summed E-state index contributed by atoms with van der Waals surface area (Å²) in [5, 5.41) is 7.75. The first-order valence-electron chi connectivity index (χ1n) is 9.14. The zero-order valence-corrected chi connectivity index (χ0v) is 16.5. The van der Waals surface area contributed by atoms with Crippen molar-refractivity contribution in [2.24, 2.45) is 5.41 Å². The van der Waals surface area contributed by atoms with Gasteiger partial charge in [-0.15, -0.1) is 0 Å². The van der Waals surface area contributed by atoms with E-state index >= 15 is 0 Å². The first kappa shape index (κ1) is 19.5. The third-order valence-corrected chi connectivity index (χ3v) is 6.79. The molecule has 0 radical (unpaired) electrons. The van der Waals surface area contributed by atoms with Crippen LogP contribution < -0.4 is 5.32 Å². The molecule has 0 saturated carbocycles. The van der Waals surface area contributed by atoms with E-state index in [1.54, 1.807) is 20.8 Å². The lowest BCUT2D eigenvalue weighted by Gasteiger charge is -2.27. The number of hydrogen-bond acceptors (Lipinski definition) is 6. The minimum Gasteiger partial charge on any atom is -0.379 e. The van der Waals surface area contributed by atoms with Crippen LogP contribution in [0.25, 0.3) is 0 Å². The Morgan fingerprint density at radius 1 is 1.23 bits per heavy atom. The lowest BCUT2D eigenvalue weighted by molar-refractivity contribution is 0.0729. The van der Waals surface area contributed by atoms with Gasteiger partial charge >= 0.3 is 0 Å². The van der Waals surface area contributed by atoms with Gasteiger partial charge in [0.2, 0.25) is 10.0 Å². The van der Waals surface area contributed by atoms with Crippen LogP contribution in [-0.2, 0) is 14.8 Å². The van der Waals surface area contributed by atoms with E-state index in [0.717, 1.165) is 25.9 Å². The predicted octanol–water partition coefficient (Wildman–Crippen LogP) is 1.06. The number of aromatic nitrogens is 2. The van der Waals surface area contributed by atoms with E-state index in [1.165, 1.54) is 15.2 Å². The zero-order chi connectivity index (χ0) is 18.9. The lowest BCUT2D eigenvalue weighted by atomic mass is 9.95. The Kier molecular flexibility index (Phi) is 5.53. The van der Waals surface area contributed by atoms with Gasteiger partial charge in [0.1, 0.15) is 4.90 Å². The van der Waals surface area contributed by atoms with E-state index < -0.39 is 15.4 Å². The summed E-state index contributed by atoms with van der Waals surface area (Å²) in [6, 6.07) is 0. The highest BCUT2D eigenvalue weighted by Gasteiger charge is 2.35.